The van der Waals surface area contributed by atoms with Gasteiger partial charge in [-0.3, -0.25) is 4.99 Å². The van der Waals surface area contributed by atoms with Gasteiger partial charge in [0.15, 0.2) is 5.96 Å². The van der Waals surface area contributed by atoms with Crippen molar-refractivity contribution in [3.63, 3.8) is 0 Å². The van der Waals surface area contributed by atoms with Gasteiger partial charge in [-0.15, -0.1) is 24.0 Å². The molecular formula is C16H30IN3S. The van der Waals surface area contributed by atoms with Gasteiger partial charge in [0.25, 0.3) is 0 Å². The van der Waals surface area contributed by atoms with Gasteiger partial charge in [-0.25, -0.2) is 0 Å². The van der Waals surface area contributed by atoms with E-state index in [2.05, 4.69) is 33.5 Å². The number of aliphatic imine (C=N–C) groups is 1. The third-order valence-corrected chi connectivity index (χ3v) is 5.30. The first-order chi connectivity index (χ1) is 9.88. The minimum Gasteiger partial charge on any atom is -0.356 e. The summed E-state index contributed by atoms with van der Waals surface area (Å²) < 4.78 is 0. The summed E-state index contributed by atoms with van der Waals surface area (Å²) >= 11 is 2.09. The molecule has 0 aromatic rings. The summed E-state index contributed by atoms with van der Waals surface area (Å²) in [4.78, 5) is 4.32. The van der Waals surface area contributed by atoms with E-state index in [1.807, 2.05) is 7.05 Å². The van der Waals surface area contributed by atoms with Crippen molar-refractivity contribution in [3.05, 3.63) is 11.6 Å². The first kappa shape index (κ1) is 19.1. The lowest BCUT2D eigenvalue weighted by Crippen LogP contribution is -2.40. The molecule has 2 aliphatic rings. The fraction of sp³-hybridized carbons (Fsp3) is 0.812. The molecule has 1 saturated heterocycles. The molecule has 122 valence electrons. The smallest absolute Gasteiger partial charge is 0.190 e. The summed E-state index contributed by atoms with van der Waals surface area (Å²) in [6.07, 6.45) is 11.6. The van der Waals surface area contributed by atoms with Crippen molar-refractivity contribution >= 4 is 41.7 Å². The molecule has 0 aromatic carbocycles. The van der Waals surface area contributed by atoms with Gasteiger partial charge in [0, 0.05) is 20.1 Å². The Morgan fingerprint density at radius 2 is 2.10 bits per heavy atom. The molecule has 3 nitrogen and oxygen atoms in total. The molecule has 21 heavy (non-hydrogen) atoms. The molecule has 2 N–H and O–H groups in total. The van der Waals surface area contributed by atoms with Crippen LogP contribution in [0.3, 0.4) is 0 Å². The van der Waals surface area contributed by atoms with Gasteiger partial charge in [0.1, 0.15) is 0 Å². The number of nitrogens with one attached hydrogen (secondary N) is 2. The summed E-state index contributed by atoms with van der Waals surface area (Å²) in [5, 5.41) is 6.94. The summed E-state index contributed by atoms with van der Waals surface area (Å²) in [7, 11) is 1.87. The van der Waals surface area contributed by atoms with Gasteiger partial charge in [-0.05, 0) is 62.4 Å². The highest BCUT2D eigenvalue weighted by Crippen LogP contribution is 2.22. The number of nitrogens with zero attached hydrogens (tertiary/aromatic N) is 1. The Hall–Kier alpha value is 0.0900. The maximum Gasteiger partial charge on any atom is 0.190 e. The number of guanidine groups is 1. The number of hydrogen-bond acceptors (Lipinski definition) is 2. The predicted molar refractivity (Wildman–Crippen MR) is 106 cm³/mol. The van der Waals surface area contributed by atoms with Gasteiger partial charge < -0.3 is 10.6 Å². The lowest BCUT2D eigenvalue weighted by atomic mass is 9.97. The zero-order valence-electron chi connectivity index (χ0n) is 13.2. The van der Waals surface area contributed by atoms with Gasteiger partial charge in [-0.1, -0.05) is 11.6 Å². The van der Waals surface area contributed by atoms with Crippen LogP contribution in [0.15, 0.2) is 16.6 Å². The highest BCUT2D eigenvalue weighted by molar-refractivity contribution is 14.0. The van der Waals surface area contributed by atoms with Crippen LogP contribution in [0.5, 0.6) is 0 Å². The third kappa shape index (κ3) is 7.77. The van der Waals surface area contributed by atoms with Crippen LogP contribution in [0.1, 0.15) is 44.9 Å². The van der Waals surface area contributed by atoms with Crippen molar-refractivity contribution in [1.29, 1.82) is 0 Å². The Kier molecular flexibility index (Phi) is 10.6. The van der Waals surface area contributed by atoms with Crippen LogP contribution in [0, 0.1) is 5.92 Å². The van der Waals surface area contributed by atoms with E-state index in [1.165, 1.54) is 56.5 Å². The van der Waals surface area contributed by atoms with Crippen molar-refractivity contribution in [3.8, 4) is 0 Å². The number of thioether (sulfide) groups is 1. The first-order valence-corrected chi connectivity index (χ1v) is 9.24. The molecule has 0 bridgehead atoms. The minimum atomic E-state index is 0. The zero-order valence-corrected chi connectivity index (χ0v) is 16.3. The predicted octanol–water partition coefficient (Wildman–Crippen LogP) is 3.80. The van der Waals surface area contributed by atoms with E-state index < -0.39 is 0 Å². The molecule has 0 saturated carbocycles. The highest BCUT2D eigenvalue weighted by Gasteiger charge is 2.13. The lowest BCUT2D eigenvalue weighted by Gasteiger charge is -2.23. The zero-order chi connectivity index (χ0) is 14.0. The van der Waals surface area contributed by atoms with Crippen molar-refractivity contribution < 1.29 is 0 Å². The average Bonchev–Trinajstić information content (AvgIpc) is 2.52. The fourth-order valence-electron chi connectivity index (χ4n) is 2.89. The van der Waals surface area contributed by atoms with Gasteiger partial charge in [0.2, 0.25) is 0 Å². The Morgan fingerprint density at radius 1 is 1.29 bits per heavy atom. The summed E-state index contributed by atoms with van der Waals surface area (Å²) in [6.45, 7) is 2.08. The molecule has 0 amide bonds. The van der Waals surface area contributed by atoms with Crippen molar-refractivity contribution in [1.82, 2.24) is 10.6 Å². The second kappa shape index (κ2) is 11.6. The molecule has 1 aliphatic carbocycles. The van der Waals surface area contributed by atoms with E-state index in [1.54, 1.807) is 5.57 Å². The largest absolute Gasteiger partial charge is 0.356 e. The molecule has 0 aromatic heterocycles. The molecule has 1 fully saturated rings. The molecule has 0 unspecified atom stereocenters. The second-order valence-corrected chi connectivity index (χ2v) is 7.02. The molecule has 1 aliphatic heterocycles. The highest BCUT2D eigenvalue weighted by atomic mass is 127. The Morgan fingerprint density at radius 3 is 2.76 bits per heavy atom. The number of rotatable bonds is 5. The third-order valence-electron chi connectivity index (χ3n) is 4.25. The standard InChI is InChI=1S/C16H29N3S.HI/c1-17-16(19-13-15-8-11-20-12-9-15)18-10-7-14-5-3-2-4-6-14;/h5,15H,2-4,6-13H2,1H3,(H2,17,18,19);1H. The van der Waals surface area contributed by atoms with Crippen LogP contribution in [0.2, 0.25) is 0 Å². The first-order valence-electron chi connectivity index (χ1n) is 8.08. The monoisotopic (exact) mass is 423 g/mol. The summed E-state index contributed by atoms with van der Waals surface area (Å²) in [5.74, 6) is 4.45. The van der Waals surface area contributed by atoms with E-state index in [4.69, 9.17) is 0 Å². The number of allylic oxidation sites excluding steroid dienone is 1. The van der Waals surface area contributed by atoms with E-state index in [-0.39, 0.29) is 24.0 Å². The maximum atomic E-state index is 4.32. The van der Waals surface area contributed by atoms with Crippen LogP contribution < -0.4 is 10.6 Å². The molecule has 0 spiro atoms. The quantitative estimate of drug-likeness (QED) is 0.306. The maximum absolute atomic E-state index is 4.32. The van der Waals surface area contributed by atoms with Gasteiger partial charge >= 0.3 is 0 Å². The molecule has 0 atom stereocenters. The molecule has 5 heteroatoms. The number of hydrogen-bond donors (Lipinski definition) is 2. The second-order valence-electron chi connectivity index (χ2n) is 5.79. The van der Waals surface area contributed by atoms with Crippen molar-refractivity contribution in [2.24, 2.45) is 10.9 Å². The SMILES string of the molecule is CN=C(NCCC1=CCCCC1)NCC1CCSCC1.I. The van der Waals surface area contributed by atoms with Crippen molar-refractivity contribution in [2.75, 3.05) is 31.6 Å². The minimum absolute atomic E-state index is 0. The van der Waals surface area contributed by atoms with E-state index in [0.29, 0.717) is 0 Å². The lowest BCUT2D eigenvalue weighted by molar-refractivity contribution is 0.479. The summed E-state index contributed by atoms with van der Waals surface area (Å²) in [5.41, 5.74) is 1.63. The van der Waals surface area contributed by atoms with E-state index in [0.717, 1.165) is 25.0 Å². The summed E-state index contributed by atoms with van der Waals surface area (Å²) in [6, 6.07) is 0. The van der Waals surface area contributed by atoms with Crippen LogP contribution >= 0.6 is 35.7 Å². The normalized spacial score (nSPS) is 20.4. The van der Waals surface area contributed by atoms with Crippen LogP contribution in [-0.2, 0) is 0 Å². The van der Waals surface area contributed by atoms with Gasteiger partial charge in [0.05, 0.1) is 0 Å². The molecular weight excluding hydrogens is 393 g/mol. The fourth-order valence-corrected chi connectivity index (χ4v) is 4.09. The Balaban J connectivity index is 0.00000220. The van der Waals surface area contributed by atoms with Gasteiger partial charge in [-0.2, -0.15) is 11.8 Å². The van der Waals surface area contributed by atoms with E-state index >= 15 is 0 Å². The molecule has 0 radical (unpaired) electrons. The van der Waals surface area contributed by atoms with E-state index in [9.17, 15) is 0 Å². The van der Waals surface area contributed by atoms with Crippen LogP contribution in [-0.4, -0.2) is 37.6 Å². The molecule has 2 rings (SSSR count). The molecule has 1 heterocycles. The Bertz CT molecular complexity index is 338. The average molecular weight is 423 g/mol. The number of halogens is 1. The van der Waals surface area contributed by atoms with Crippen LogP contribution in [0.4, 0.5) is 0 Å². The Labute approximate surface area is 151 Å². The topological polar surface area (TPSA) is 36.4 Å². The van der Waals surface area contributed by atoms with Crippen molar-refractivity contribution in [2.45, 2.75) is 44.9 Å². The van der Waals surface area contributed by atoms with Crippen LogP contribution in [0.25, 0.3) is 0 Å².